The lowest BCUT2D eigenvalue weighted by atomic mass is 9.47. The fourth-order valence-corrected chi connectivity index (χ4v) is 10.4. The second kappa shape index (κ2) is 9.19. The molecule has 4 bridgehead atoms. The molecule has 0 aromatic heterocycles. The number of anilines is 1. The van der Waals surface area contributed by atoms with Crippen molar-refractivity contribution in [3.05, 3.63) is 27.2 Å². The number of nitrogens with two attached hydrogens (primary N) is 1. The average Bonchev–Trinajstić information content (AvgIpc) is 2.71. The van der Waals surface area contributed by atoms with E-state index in [1.807, 2.05) is 13.0 Å². The van der Waals surface area contributed by atoms with Gasteiger partial charge in [-0.15, -0.1) is 0 Å². The van der Waals surface area contributed by atoms with E-state index >= 15 is 0 Å². The summed E-state index contributed by atoms with van der Waals surface area (Å²) in [5.41, 5.74) is 6.75. The lowest BCUT2D eigenvalue weighted by molar-refractivity contribution is -0.134. The van der Waals surface area contributed by atoms with Crippen LogP contribution in [0, 0.1) is 30.1 Å². The molecule has 5 aliphatic rings. The highest BCUT2D eigenvalue weighted by Gasteiger charge is 2.56. The van der Waals surface area contributed by atoms with Gasteiger partial charge in [-0.05, 0) is 86.3 Å². The van der Waals surface area contributed by atoms with Crippen LogP contribution in [0.3, 0.4) is 0 Å². The quantitative estimate of drug-likeness (QED) is 0.531. The van der Waals surface area contributed by atoms with Crippen LogP contribution in [0.15, 0.2) is 16.6 Å². The summed E-state index contributed by atoms with van der Waals surface area (Å²) in [5.74, 6) is 0.727. The normalized spacial score (nSPS) is 33.6. The zero-order chi connectivity index (χ0) is 25.1. The van der Waals surface area contributed by atoms with Crippen molar-refractivity contribution in [1.82, 2.24) is 9.62 Å². The standard InChI is InChI=1S/C24H32BrClN4O4S/c1-14-5-18(25)8-19(26)23(14)30-4-2-3-29(35(30,33)34)13-21(32)28-22-16-6-15-7-17(22)11-24(9-15,10-16)12-20(27)31/h5,8,15-17,22H,2-4,6-7,9-13H2,1H3,(H2,27,31)(H,28,32). The molecule has 192 valence electrons. The van der Waals surface area contributed by atoms with E-state index in [1.54, 1.807) is 6.07 Å². The number of aryl methyl sites for hydroxylation is 1. The predicted octanol–water partition coefficient (Wildman–Crippen LogP) is 3.35. The number of rotatable bonds is 6. The number of nitrogens with one attached hydrogen (secondary N) is 1. The third-order valence-electron chi connectivity index (χ3n) is 8.44. The SMILES string of the molecule is Cc1cc(Br)cc(Cl)c1N1CCCN(CC(=O)NC2C3CC4CC2CC(CC(N)=O)(C4)C3)S1(=O)=O. The molecule has 1 aromatic rings. The number of carbonyl (C=O) groups excluding carboxylic acids is 2. The number of primary amides is 1. The van der Waals surface area contributed by atoms with Gasteiger partial charge in [-0.1, -0.05) is 27.5 Å². The minimum atomic E-state index is -3.90. The number of benzene rings is 1. The Kier molecular flexibility index (Phi) is 6.64. The van der Waals surface area contributed by atoms with E-state index in [2.05, 4.69) is 21.2 Å². The van der Waals surface area contributed by atoms with Crippen molar-refractivity contribution in [2.45, 2.75) is 57.9 Å². The third-order valence-corrected chi connectivity index (χ3v) is 11.1. The van der Waals surface area contributed by atoms with Gasteiger partial charge in [-0.2, -0.15) is 12.7 Å². The largest absolute Gasteiger partial charge is 0.370 e. The maximum absolute atomic E-state index is 13.5. The van der Waals surface area contributed by atoms with Gasteiger partial charge < -0.3 is 11.1 Å². The van der Waals surface area contributed by atoms with Crippen LogP contribution in [0.5, 0.6) is 0 Å². The van der Waals surface area contributed by atoms with Crippen LogP contribution in [0.4, 0.5) is 5.69 Å². The zero-order valence-corrected chi connectivity index (χ0v) is 23.0. The monoisotopic (exact) mass is 586 g/mol. The molecule has 35 heavy (non-hydrogen) atoms. The first kappa shape index (κ1) is 25.3. The number of halogens is 2. The van der Waals surface area contributed by atoms with Gasteiger partial charge in [0.2, 0.25) is 11.8 Å². The van der Waals surface area contributed by atoms with Crippen molar-refractivity contribution in [3.63, 3.8) is 0 Å². The Morgan fingerprint density at radius 3 is 2.51 bits per heavy atom. The third kappa shape index (κ3) is 4.71. The van der Waals surface area contributed by atoms with E-state index in [9.17, 15) is 18.0 Å². The molecule has 2 amide bonds. The van der Waals surface area contributed by atoms with Crippen LogP contribution in [0.2, 0.25) is 5.02 Å². The number of nitrogens with zero attached hydrogens (tertiary/aromatic N) is 2. The first-order chi connectivity index (χ1) is 16.5. The molecule has 1 heterocycles. The van der Waals surface area contributed by atoms with E-state index in [-0.39, 0.29) is 29.8 Å². The van der Waals surface area contributed by atoms with Crippen LogP contribution < -0.4 is 15.4 Å². The highest BCUT2D eigenvalue weighted by Crippen LogP contribution is 2.61. The van der Waals surface area contributed by atoms with Crippen LogP contribution in [-0.4, -0.2) is 50.2 Å². The zero-order valence-electron chi connectivity index (χ0n) is 19.8. The van der Waals surface area contributed by atoms with E-state index in [0.717, 1.165) is 42.1 Å². The van der Waals surface area contributed by atoms with Gasteiger partial charge >= 0.3 is 10.2 Å². The van der Waals surface area contributed by atoms with Gasteiger partial charge in [0.1, 0.15) is 0 Å². The molecule has 2 atom stereocenters. The fraction of sp³-hybridized carbons (Fsp3) is 0.667. The Morgan fingerprint density at radius 1 is 1.20 bits per heavy atom. The lowest BCUT2D eigenvalue weighted by Crippen LogP contribution is -2.61. The first-order valence-electron chi connectivity index (χ1n) is 12.3. The number of amides is 2. The van der Waals surface area contributed by atoms with Gasteiger partial charge in [-0.3, -0.25) is 13.9 Å². The first-order valence-corrected chi connectivity index (χ1v) is 14.9. The fourth-order valence-electron chi connectivity index (χ4n) is 7.57. The Bertz CT molecular complexity index is 1120. The lowest BCUT2D eigenvalue weighted by Gasteiger charge is -2.60. The summed E-state index contributed by atoms with van der Waals surface area (Å²) in [4.78, 5) is 24.8. The van der Waals surface area contributed by atoms with E-state index in [4.69, 9.17) is 17.3 Å². The van der Waals surface area contributed by atoms with Crippen molar-refractivity contribution in [2.75, 3.05) is 23.9 Å². The van der Waals surface area contributed by atoms with Crippen molar-refractivity contribution >= 4 is 55.2 Å². The van der Waals surface area contributed by atoms with Crippen molar-refractivity contribution in [2.24, 2.45) is 28.9 Å². The summed E-state index contributed by atoms with van der Waals surface area (Å²) >= 11 is 9.82. The molecule has 5 fully saturated rings. The van der Waals surface area contributed by atoms with Gasteiger partial charge in [0.15, 0.2) is 0 Å². The summed E-state index contributed by atoms with van der Waals surface area (Å²) in [6.45, 7) is 2.22. The average molecular weight is 588 g/mol. The van der Waals surface area contributed by atoms with Gasteiger partial charge in [0.25, 0.3) is 0 Å². The molecule has 4 aliphatic carbocycles. The Hall–Kier alpha value is -1.36. The minimum Gasteiger partial charge on any atom is -0.370 e. The van der Waals surface area contributed by atoms with Gasteiger partial charge in [-0.25, -0.2) is 0 Å². The molecule has 8 nitrogen and oxygen atoms in total. The highest BCUT2D eigenvalue weighted by atomic mass is 79.9. The number of hydrogen-bond donors (Lipinski definition) is 2. The van der Waals surface area contributed by atoms with Gasteiger partial charge in [0, 0.05) is 30.0 Å². The van der Waals surface area contributed by atoms with E-state index < -0.39 is 10.2 Å². The molecule has 1 saturated heterocycles. The number of carbonyl (C=O) groups is 2. The molecule has 0 spiro atoms. The molecule has 11 heteroatoms. The summed E-state index contributed by atoms with van der Waals surface area (Å²) < 4.78 is 30.3. The smallest absolute Gasteiger partial charge is 0.304 e. The molecule has 2 unspecified atom stereocenters. The van der Waals surface area contributed by atoms with Crippen LogP contribution in [0.1, 0.15) is 50.5 Å². The molecule has 1 aliphatic heterocycles. The molecular formula is C24H32BrClN4O4S. The minimum absolute atomic E-state index is 0.0118. The summed E-state index contributed by atoms with van der Waals surface area (Å²) in [6.07, 6.45) is 6.01. The maximum Gasteiger partial charge on any atom is 0.304 e. The summed E-state index contributed by atoms with van der Waals surface area (Å²) in [5, 5.41) is 3.54. The summed E-state index contributed by atoms with van der Waals surface area (Å²) in [6, 6.07) is 3.55. The highest BCUT2D eigenvalue weighted by molar-refractivity contribution is 9.10. The van der Waals surface area contributed by atoms with Crippen molar-refractivity contribution in [1.29, 1.82) is 0 Å². The van der Waals surface area contributed by atoms with Crippen LogP contribution in [0.25, 0.3) is 0 Å². The van der Waals surface area contributed by atoms with Crippen LogP contribution >= 0.6 is 27.5 Å². The number of hydrogen-bond acceptors (Lipinski definition) is 4. The molecule has 3 N–H and O–H groups in total. The Labute approximate surface area is 220 Å². The van der Waals surface area contributed by atoms with Gasteiger partial charge in [0.05, 0.1) is 17.3 Å². The van der Waals surface area contributed by atoms with Crippen molar-refractivity contribution < 1.29 is 18.0 Å². The Morgan fingerprint density at radius 2 is 1.89 bits per heavy atom. The predicted molar refractivity (Wildman–Crippen MR) is 138 cm³/mol. The topological polar surface area (TPSA) is 113 Å². The van der Waals surface area contributed by atoms with E-state index in [0.29, 0.717) is 54.4 Å². The maximum atomic E-state index is 13.5. The van der Waals surface area contributed by atoms with Crippen LogP contribution in [-0.2, 0) is 19.8 Å². The molecule has 1 aromatic carbocycles. The van der Waals surface area contributed by atoms with E-state index in [1.165, 1.54) is 8.61 Å². The summed E-state index contributed by atoms with van der Waals surface area (Å²) in [7, 11) is -3.90. The van der Waals surface area contributed by atoms with Crippen molar-refractivity contribution in [3.8, 4) is 0 Å². The second-order valence-electron chi connectivity index (χ2n) is 11.0. The molecule has 6 rings (SSSR count). The molecular weight excluding hydrogens is 556 g/mol. The Balaban J connectivity index is 1.28. The second-order valence-corrected chi connectivity index (χ2v) is 14.2. The molecule has 0 radical (unpaired) electrons. The molecule has 4 saturated carbocycles.